The second-order valence-electron chi connectivity index (χ2n) is 4.06. The van der Waals surface area contributed by atoms with Gasteiger partial charge in [-0.1, -0.05) is 5.11 Å². The standard InChI is InChI=1S/C10H17N7O/c1-7(2)17-6-13-5-8(17)9(10(11)18)14-3-4-15-16-12/h5-7,9,14H,3-4H2,1-2H3,(H2,11,18). The number of hydrogen-bond donors (Lipinski definition) is 2. The molecule has 0 aliphatic carbocycles. The lowest BCUT2D eigenvalue weighted by atomic mass is 10.2. The zero-order valence-corrected chi connectivity index (χ0v) is 10.4. The summed E-state index contributed by atoms with van der Waals surface area (Å²) in [5.74, 6) is -0.488. The molecule has 1 heterocycles. The molecule has 0 aliphatic heterocycles. The van der Waals surface area contributed by atoms with E-state index in [1.165, 1.54) is 0 Å². The number of amides is 1. The van der Waals surface area contributed by atoms with Crippen LogP contribution in [0.3, 0.4) is 0 Å². The predicted octanol–water partition coefficient (Wildman–Crippen LogP) is 0.890. The second-order valence-corrected chi connectivity index (χ2v) is 4.06. The fourth-order valence-electron chi connectivity index (χ4n) is 1.62. The molecule has 0 spiro atoms. The number of hydrogen-bond acceptors (Lipinski definition) is 4. The number of rotatable bonds is 7. The van der Waals surface area contributed by atoms with Crippen LogP contribution in [0.2, 0.25) is 0 Å². The van der Waals surface area contributed by atoms with Crippen LogP contribution in [0, 0.1) is 0 Å². The highest BCUT2D eigenvalue weighted by atomic mass is 16.1. The summed E-state index contributed by atoms with van der Waals surface area (Å²) in [4.78, 5) is 18.1. The molecule has 0 bridgehead atoms. The first-order chi connectivity index (χ1) is 8.57. The molecule has 0 fully saturated rings. The normalized spacial score (nSPS) is 12.2. The van der Waals surface area contributed by atoms with Crippen LogP contribution in [0.5, 0.6) is 0 Å². The van der Waals surface area contributed by atoms with Gasteiger partial charge in [-0.3, -0.25) is 4.79 Å². The van der Waals surface area contributed by atoms with E-state index < -0.39 is 11.9 Å². The van der Waals surface area contributed by atoms with Gasteiger partial charge in [-0.15, -0.1) is 0 Å². The minimum atomic E-state index is -0.635. The van der Waals surface area contributed by atoms with E-state index >= 15 is 0 Å². The number of aromatic nitrogens is 2. The van der Waals surface area contributed by atoms with E-state index in [4.69, 9.17) is 11.3 Å². The van der Waals surface area contributed by atoms with Gasteiger partial charge in [0.25, 0.3) is 0 Å². The molecule has 18 heavy (non-hydrogen) atoms. The molecule has 0 radical (unpaired) electrons. The number of nitrogens with zero attached hydrogens (tertiary/aromatic N) is 5. The van der Waals surface area contributed by atoms with Gasteiger partial charge in [-0.2, -0.15) is 0 Å². The summed E-state index contributed by atoms with van der Waals surface area (Å²) in [6, 6.07) is -0.452. The molecule has 0 saturated heterocycles. The molecule has 0 aromatic carbocycles. The topological polar surface area (TPSA) is 122 Å². The summed E-state index contributed by atoms with van der Waals surface area (Å²) >= 11 is 0. The Hall–Kier alpha value is -2.05. The maximum absolute atomic E-state index is 11.5. The largest absolute Gasteiger partial charge is 0.368 e. The third-order valence-corrected chi connectivity index (χ3v) is 2.46. The fourth-order valence-corrected chi connectivity index (χ4v) is 1.62. The van der Waals surface area contributed by atoms with Crippen molar-refractivity contribution >= 4 is 5.91 Å². The van der Waals surface area contributed by atoms with Gasteiger partial charge in [-0.25, -0.2) is 4.98 Å². The maximum Gasteiger partial charge on any atom is 0.240 e. The van der Waals surface area contributed by atoms with Crippen molar-refractivity contribution in [1.82, 2.24) is 14.9 Å². The summed E-state index contributed by atoms with van der Waals surface area (Å²) < 4.78 is 1.87. The zero-order valence-electron chi connectivity index (χ0n) is 10.4. The Kier molecular flexibility index (Phi) is 5.16. The Bertz CT molecular complexity index is 447. The minimum absolute atomic E-state index is 0.184. The quantitative estimate of drug-likeness (QED) is 0.324. The van der Waals surface area contributed by atoms with Crippen molar-refractivity contribution in [2.75, 3.05) is 13.1 Å². The highest BCUT2D eigenvalue weighted by Gasteiger charge is 2.21. The minimum Gasteiger partial charge on any atom is -0.368 e. The van der Waals surface area contributed by atoms with Crippen LogP contribution in [-0.2, 0) is 4.79 Å². The molecule has 1 rings (SSSR count). The first-order valence-electron chi connectivity index (χ1n) is 5.63. The van der Waals surface area contributed by atoms with E-state index in [2.05, 4.69) is 20.3 Å². The van der Waals surface area contributed by atoms with E-state index in [0.717, 1.165) is 0 Å². The fraction of sp³-hybridized carbons (Fsp3) is 0.600. The van der Waals surface area contributed by atoms with Crippen LogP contribution in [0.1, 0.15) is 31.6 Å². The predicted molar refractivity (Wildman–Crippen MR) is 66.6 cm³/mol. The van der Waals surface area contributed by atoms with E-state index in [0.29, 0.717) is 12.2 Å². The average Bonchev–Trinajstić information content (AvgIpc) is 2.77. The van der Waals surface area contributed by atoms with E-state index in [1.54, 1.807) is 12.5 Å². The number of azide groups is 1. The summed E-state index contributed by atoms with van der Waals surface area (Å²) in [6.07, 6.45) is 3.26. The van der Waals surface area contributed by atoms with Crippen LogP contribution in [-0.4, -0.2) is 28.5 Å². The molecule has 0 aliphatic rings. The number of carbonyl (C=O) groups is 1. The van der Waals surface area contributed by atoms with Gasteiger partial charge < -0.3 is 15.6 Å². The number of imidazole rings is 1. The van der Waals surface area contributed by atoms with Crippen LogP contribution in [0.4, 0.5) is 0 Å². The molecular formula is C10H17N7O. The van der Waals surface area contributed by atoms with Crippen molar-refractivity contribution in [1.29, 1.82) is 0 Å². The Morgan fingerprint density at radius 2 is 2.44 bits per heavy atom. The Labute approximate surface area is 105 Å². The van der Waals surface area contributed by atoms with Crippen LogP contribution >= 0.6 is 0 Å². The van der Waals surface area contributed by atoms with Gasteiger partial charge in [0.15, 0.2) is 0 Å². The van der Waals surface area contributed by atoms with Gasteiger partial charge in [0, 0.05) is 24.0 Å². The second kappa shape index (κ2) is 6.63. The molecule has 1 aromatic rings. The Morgan fingerprint density at radius 1 is 1.72 bits per heavy atom. The van der Waals surface area contributed by atoms with Gasteiger partial charge in [0.2, 0.25) is 5.91 Å². The summed E-state index contributed by atoms with van der Waals surface area (Å²) in [7, 11) is 0. The van der Waals surface area contributed by atoms with E-state index in [-0.39, 0.29) is 12.6 Å². The first kappa shape index (κ1) is 14.0. The number of nitrogens with two attached hydrogens (primary N) is 1. The highest BCUT2D eigenvalue weighted by molar-refractivity contribution is 5.80. The first-order valence-corrected chi connectivity index (χ1v) is 5.63. The molecule has 0 saturated carbocycles. The van der Waals surface area contributed by atoms with Crippen molar-refractivity contribution in [3.63, 3.8) is 0 Å². The number of carbonyl (C=O) groups excluding carboxylic acids is 1. The van der Waals surface area contributed by atoms with Gasteiger partial charge in [0.1, 0.15) is 6.04 Å². The zero-order chi connectivity index (χ0) is 13.5. The summed E-state index contributed by atoms with van der Waals surface area (Å²) in [5.41, 5.74) is 14.2. The molecule has 1 aromatic heterocycles. The lowest BCUT2D eigenvalue weighted by Crippen LogP contribution is -2.36. The van der Waals surface area contributed by atoms with Crippen molar-refractivity contribution in [3.8, 4) is 0 Å². The van der Waals surface area contributed by atoms with Gasteiger partial charge in [0.05, 0.1) is 18.2 Å². The summed E-state index contributed by atoms with van der Waals surface area (Å²) in [5, 5.41) is 6.34. The summed E-state index contributed by atoms with van der Waals surface area (Å²) in [6.45, 7) is 4.61. The van der Waals surface area contributed by atoms with Crippen LogP contribution in [0.25, 0.3) is 10.4 Å². The molecular weight excluding hydrogens is 234 g/mol. The van der Waals surface area contributed by atoms with E-state index in [1.807, 2.05) is 18.4 Å². The maximum atomic E-state index is 11.5. The molecule has 8 heteroatoms. The molecule has 1 atom stereocenters. The van der Waals surface area contributed by atoms with Crippen molar-refractivity contribution in [3.05, 3.63) is 28.7 Å². The van der Waals surface area contributed by atoms with Crippen LogP contribution in [0.15, 0.2) is 17.6 Å². The number of primary amides is 1. The Balaban J connectivity index is 2.80. The molecule has 1 unspecified atom stereocenters. The third kappa shape index (κ3) is 3.47. The van der Waals surface area contributed by atoms with Gasteiger partial charge in [-0.05, 0) is 19.4 Å². The molecule has 1 amide bonds. The SMILES string of the molecule is CC(C)n1cncc1C(NCCN=[N+]=[N-])C(N)=O. The number of nitrogens with one attached hydrogen (secondary N) is 1. The van der Waals surface area contributed by atoms with Gasteiger partial charge >= 0.3 is 0 Å². The smallest absolute Gasteiger partial charge is 0.240 e. The lowest BCUT2D eigenvalue weighted by Gasteiger charge is -2.19. The monoisotopic (exact) mass is 251 g/mol. The van der Waals surface area contributed by atoms with Crippen molar-refractivity contribution in [2.45, 2.75) is 25.9 Å². The highest BCUT2D eigenvalue weighted by Crippen LogP contribution is 2.16. The molecule has 3 N–H and O–H groups in total. The van der Waals surface area contributed by atoms with Crippen LogP contribution < -0.4 is 11.1 Å². The van der Waals surface area contributed by atoms with Crippen molar-refractivity contribution in [2.24, 2.45) is 10.8 Å². The molecule has 8 nitrogen and oxygen atoms in total. The van der Waals surface area contributed by atoms with E-state index in [9.17, 15) is 4.79 Å². The average molecular weight is 251 g/mol. The Morgan fingerprint density at radius 3 is 3.00 bits per heavy atom. The third-order valence-electron chi connectivity index (χ3n) is 2.46. The molecule has 98 valence electrons. The van der Waals surface area contributed by atoms with Crippen molar-refractivity contribution < 1.29 is 4.79 Å². The lowest BCUT2D eigenvalue weighted by molar-refractivity contribution is -0.120.